The third-order valence-corrected chi connectivity index (χ3v) is 3.57. The average molecular weight is 265 g/mol. The SMILES string of the molecule is CC(CCc1ccco1)Nc1ccc2ccccc2c1. The van der Waals surface area contributed by atoms with Crippen LogP contribution in [0.4, 0.5) is 5.69 Å². The Morgan fingerprint density at radius 2 is 1.85 bits per heavy atom. The number of furan rings is 1. The smallest absolute Gasteiger partial charge is 0.103 e. The molecular formula is C18H19NO. The van der Waals surface area contributed by atoms with Crippen LogP contribution in [-0.2, 0) is 6.42 Å². The summed E-state index contributed by atoms with van der Waals surface area (Å²) in [7, 11) is 0. The fourth-order valence-electron chi connectivity index (χ4n) is 2.45. The fraction of sp³-hybridized carbons (Fsp3) is 0.222. The molecule has 2 aromatic carbocycles. The van der Waals surface area contributed by atoms with Crippen molar-refractivity contribution in [3.63, 3.8) is 0 Å². The molecule has 1 N–H and O–H groups in total. The van der Waals surface area contributed by atoms with E-state index in [0.717, 1.165) is 18.6 Å². The van der Waals surface area contributed by atoms with Crippen molar-refractivity contribution < 1.29 is 4.42 Å². The molecule has 2 heteroatoms. The van der Waals surface area contributed by atoms with E-state index in [0.29, 0.717) is 6.04 Å². The van der Waals surface area contributed by atoms with Gasteiger partial charge in [0.15, 0.2) is 0 Å². The summed E-state index contributed by atoms with van der Waals surface area (Å²) in [5.41, 5.74) is 1.18. The number of fused-ring (bicyclic) bond motifs is 1. The van der Waals surface area contributed by atoms with E-state index in [-0.39, 0.29) is 0 Å². The molecule has 102 valence electrons. The Morgan fingerprint density at radius 3 is 2.65 bits per heavy atom. The first-order valence-corrected chi connectivity index (χ1v) is 7.09. The Kier molecular flexibility index (Phi) is 3.73. The largest absolute Gasteiger partial charge is 0.469 e. The minimum absolute atomic E-state index is 0.418. The van der Waals surface area contributed by atoms with Crippen molar-refractivity contribution in [1.29, 1.82) is 0 Å². The van der Waals surface area contributed by atoms with Crippen molar-refractivity contribution in [2.75, 3.05) is 5.32 Å². The van der Waals surface area contributed by atoms with Crippen LogP contribution in [0.1, 0.15) is 19.1 Å². The van der Waals surface area contributed by atoms with Gasteiger partial charge < -0.3 is 9.73 Å². The zero-order valence-electron chi connectivity index (χ0n) is 11.7. The number of anilines is 1. The van der Waals surface area contributed by atoms with E-state index >= 15 is 0 Å². The molecule has 3 aromatic rings. The highest BCUT2D eigenvalue weighted by atomic mass is 16.3. The van der Waals surface area contributed by atoms with Gasteiger partial charge in [0.1, 0.15) is 5.76 Å². The number of hydrogen-bond acceptors (Lipinski definition) is 2. The maximum absolute atomic E-state index is 5.36. The van der Waals surface area contributed by atoms with Gasteiger partial charge in [-0.25, -0.2) is 0 Å². The van der Waals surface area contributed by atoms with Gasteiger partial charge in [-0.05, 0) is 48.4 Å². The highest BCUT2D eigenvalue weighted by Crippen LogP contribution is 2.20. The Labute approximate surface area is 119 Å². The molecular weight excluding hydrogens is 246 g/mol. The molecule has 1 heterocycles. The number of hydrogen-bond donors (Lipinski definition) is 1. The molecule has 0 spiro atoms. The molecule has 0 saturated carbocycles. The van der Waals surface area contributed by atoms with Crippen LogP contribution in [0.25, 0.3) is 10.8 Å². The fourth-order valence-corrected chi connectivity index (χ4v) is 2.45. The van der Waals surface area contributed by atoms with Crippen molar-refractivity contribution in [3.05, 3.63) is 66.6 Å². The van der Waals surface area contributed by atoms with E-state index < -0.39 is 0 Å². The Bertz CT molecular complexity index is 673. The Hall–Kier alpha value is -2.22. The standard InChI is InChI=1S/C18H19NO/c1-14(8-11-18-7-4-12-20-18)19-17-10-9-15-5-2-3-6-16(15)13-17/h2-7,9-10,12-14,19H,8,11H2,1H3. The van der Waals surface area contributed by atoms with Crippen LogP contribution in [0.15, 0.2) is 65.3 Å². The Balaban J connectivity index is 1.63. The van der Waals surface area contributed by atoms with Crippen LogP contribution in [0, 0.1) is 0 Å². The molecule has 0 aliphatic carbocycles. The minimum atomic E-state index is 0.418. The van der Waals surface area contributed by atoms with Gasteiger partial charge in [-0.1, -0.05) is 30.3 Å². The molecule has 1 atom stereocenters. The number of nitrogens with one attached hydrogen (secondary N) is 1. The summed E-state index contributed by atoms with van der Waals surface area (Å²) in [5, 5.41) is 6.11. The zero-order valence-corrected chi connectivity index (χ0v) is 11.7. The van der Waals surface area contributed by atoms with Gasteiger partial charge in [0.05, 0.1) is 6.26 Å². The lowest BCUT2D eigenvalue weighted by Crippen LogP contribution is -2.15. The highest BCUT2D eigenvalue weighted by molar-refractivity contribution is 5.85. The van der Waals surface area contributed by atoms with Crippen LogP contribution >= 0.6 is 0 Å². The third-order valence-electron chi connectivity index (χ3n) is 3.57. The maximum atomic E-state index is 5.36. The van der Waals surface area contributed by atoms with Crippen LogP contribution in [0.5, 0.6) is 0 Å². The predicted octanol–water partition coefficient (Wildman–Crippen LogP) is 4.87. The van der Waals surface area contributed by atoms with Gasteiger partial charge in [0, 0.05) is 18.2 Å². The summed E-state index contributed by atoms with van der Waals surface area (Å²) in [6.45, 7) is 2.21. The summed E-state index contributed by atoms with van der Waals surface area (Å²) in [6.07, 6.45) is 3.76. The number of rotatable bonds is 5. The van der Waals surface area contributed by atoms with E-state index in [1.54, 1.807) is 6.26 Å². The zero-order chi connectivity index (χ0) is 13.8. The van der Waals surface area contributed by atoms with Gasteiger partial charge in [-0.3, -0.25) is 0 Å². The number of aryl methyl sites for hydroxylation is 1. The summed E-state index contributed by atoms with van der Waals surface area (Å²) < 4.78 is 5.36. The topological polar surface area (TPSA) is 25.2 Å². The predicted molar refractivity (Wildman–Crippen MR) is 84.1 cm³/mol. The molecule has 20 heavy (non-hydrogen) atoms. The second kappa shape index (κ2) is 5.83. The van der Waals surface area contributed by atoms with Crippen LogP contribution < -0.4 is 5.32 Å². The maximum Gasteiger partial charge on any atom is 0.103 e. The lowest BCUT2D eigenvalue weighted by Gasteiger charge is -2.15. The highest BCUT2D eigenvalue weighted by Gasteiger charge is 2.04. The van der Waals surface area contributed by atoms with E-state index in [1.807, 2.05) is 12.1 Å². The summed E-state index contributed by atoms with van der Waals surface area (Å²) in [6, 6.07) is 19.3. The molecule has 1 aromatic heterocycles. The molecule has 2 nitrogen and oxygen atoms in total. The molecule has 3 rings (SSSR count). The van der Waals surface area contributed by atoms with E-state index in [9.17, 15) is 0 Å². The van der Waals surface area contributed by atoms with E-state index in [1.165, 1.54) is 16.5 Å². The summed E-state index contributed by atoms with van der Waals surface area (Å²) in [4.78, 5) is 0. The molecule has 0 aliphatic rings. The molecule has 0 fully saturated rings. The molecule has 0 amide bonds. The first-order valence-electron chi connectivity index (χ1n) is 7.09. The summed E-state index contributed by atoms with van der Waals surface area (Å²) >= 11 is 0. The first-order chi connectivity index (χ1) is 9.81. The lowest BCUT2D eigenvalue weighted by molar-refractivity contribution is 0.495. The van der Waals surface area contributed by atoms with Crippen molar-refractivity contribution in [3.8, 4) is 0 Å². The van der Waals surface area contributed by atoms with E-state index in [4.69, 9.17) is 4.42 Å². The minimum Gasteiger partial charge on any atom is -0.469 e. The first kappa shape index (κ1) is 12.8. The number of benzene rings is 2. The quantitative estimate of drug-likeness (QED) is 0.712. The van der Waals surface area contributed by atoms with E-state index in [2.05, 4.69) is 54.7 Å². The second-order valence-corrected chi connectivity index (χ2v) is 5.23. The van der Waals surface area contributed by atoms with Crippen LogP contribution in [0.2, 0.25) is 0 Å². The van der Waals surface area contributed by atoms with Gasteiger partial charge in [0.2, 0.25) is 0 Å². The second-order valence-electron chi connectivity index (χ2n) is 5.23. The summed E-state index contributed by atoms with van der Waals surface area (Å²) in [5.74, 6) is 1.05. The monoisotopic (exact) mass is 265 g/mol. The molecule has 0 saturated heterocycles. The van der Waals surface area contributed by atoms with Gasteiger partial charge in [-0.15, -0.1) is 0 Å². The van der Waals surface area contributed by atoms with Crippen LogP contribution in [0.3, 0.4) is 0 Å². The van der Waals surface area contributed by atoms with Crippen LogP contribution in [-0.4, -0.2) is 6.04 Å². The third kappa shape index (κ3) is 3.02. The molecule has 0 bridgehead atoms. The van der Waals surface area contributed by atoms with Crippen molar-refractivity contribution in [2.24, 2.45) is 0 Å². The average Bonchev–Trinajstić information content (AvgIpc) is 2.98. The Morgan fingerprint density at radius 1 is 1.00 bits per heavy atom. The molecule has 1 unspecified atom stereocenters. The lowest BCUT2D eigenvalue weighted by atomic mass is 10.1. The van der Waals surface area contributed by atoms with Gasteiger partial charge in [0.25, 0.3) is 0 Å². The normalized spacial score (nSPS) is 12.4. The van der Waals surface area contributed by atoms with Crippen molar-refractivity contribution in [2.45, 2.75) is 25.8 Å². The molecule has 0 aliphatic heterocycles. The van der Waals surface area contributed by atoms with Crippen molar-refractivity contribution >= 4 is 16.5 Å². The van der Waals surface area contributed by atoms with Gasteiger partial charge in [-0.2, -0.15) is 0 Å². The molecule has 0 radical (unpaired) electrons. The van der Waals surface area contributed by atoms with Crippen molar-refractivity contribution in [1.82, 2.24) is 0 Å². The van der Waals surface area contributed by atoms with Gasteiger partial charge >= 0.3 is 0 Å².